The molecule has 0 radical (unpaired) electrons. The average Bonchev–Trinajstić information content (AvgIpc) is 3.16. The van der Waals surface area contributed by atoms with Gasteiger partial charge in [0.25, 0.3) is 0 Å². The van der Waals surface area contributed by atoms with Crippen molar-refractivity contribution in [3.63, 3.8) is 0 Å². The van der Waals surface area contributed by atoms with Crippen molar-refractivity contribution in [3.05, 3.63) is 191 Å². The van der Waals surface area contributed by atoms with Crippen LogP contribution in [-0.2, 0) is 11.1 Å². The molecule has 6 aromatic rings. The third-order valence-corrected chi connectivity index (χ3v) is 12.9. The van der Waals surface area contributed by atoms with E-state index < -0.39 is 11.1 Å². The second-order valence-corrected chi connectivity index (χ2v) is 15.4. The lowest BCUT2D eigenvalue weighted by Crippen LogP contribution is -2.62. The van der Waals surface area contributed by atoms with E-state index >= 15 is 0 Å². The quantitative estimate of drug-likeness (QED) is 0.186. The van der Waals surface area contributed by atoms with E-state index in [9.17, 15) is 0 Å². The van der Waals surface area contributed by atoms with Gasteiger partial charge in [-0.1, -0.05) is 170 Å². The first-order chi connectivity index (χ1) is 23.8. The van der Waals surface area contributed by atoms with Crippen LogP contribution in [0.2, 0.25) is 0 Å². The second kappa shape index (κ2) is 12.4. The van der Waals surface area contributed by atoms with Crippen LogP contribution in [-0.4, -0.2) is 12.1 Å². The zero-order valence-corrected chi connectivity index (χ0v) is 28.4. The summed E-state index contributed by atoms with van der Waals surface area (Å²) in [6, 6.07) is 58.9. The fourth-order valence-corrected chi connectivity index (χ4v) is 10.9. The molecule has 9 rings (SSSR count). The van der Waals surface area contributed by atoms with Gasteiger partial charge < -0.3 is 0 Å². The fraction of sp³-hybridized carbons (Fsp3) is 0.182. The predicted octanol–water partition coefficient (Wildman–Crippen LogP) is 10.4. The zero-order chi connectivity index (χ0) is 32.0. The number of hydrogen-bond donors (Lipinski definition) is 2. The van der Waals surface area contributed by atoms with Crippen molar-refractivity contribution >= 4 is 23.5 Å². The summed E-state index contributed by atoms with van der Waals surface area (Å²) < 4.78 is 0. The minimum Gasteiger partial charge on any atom is -0.296 e. The summed E-state index contributed by atoms with van der Waals surface area (Å²) in [4.78, 5) is 5.28. The van der Waals surface area contributed by atoms with Crippen LogP contribution in [0.15, 0.2) is 177 Å². The third-order valence-electron chi connectivity index (χ3n) is 10.6. The maximum atomic E-state index is 4.48. The summed E-state index contributed by atoms with van der Waals surface area (Å²) >= 11 is 3.79. The summed E-state index contributed by atoms with van der Waals surface area (Å²) in [6.07, 6.45) is 4.62. The number of nitrogens with one attached hydrogen (secondary N) is 2. The minimum absolute atomic E-state index is 0.220. The molecule has 0 amide bonds. The molecule has 4 heteroatoms. The fourth-order valence-electron chi connectivity index (χ4n) is 8.50. The molecule has 3 aliphatic rings. The van der Waals surface area contributed by atoms with Crippen molar-refractivity contribution in [2.45, 2.75) is 68.4 Å². The Kier molecular flexibility index (Phi) is 7.78. The molecule has 2 atom stereocenters. The summed E-state index contributed by atoms with van der Waals surface area (Å²) in [5, 5.41) is 8.95. The smallest absolute Gasteiger partial charge is 0.0972 e. The van der Waals surface area contributed by atoms with E-state index in [0.717, 1.165) is 12.8 Å². The number of rotatable bonds is 6. The maximum Gasteiger partial charge on any atom is 0.0972 e. The molecule has 0 saturated heterocycles. The molecular weight excluding hydrogens is 621 g/mol. The van der Waals surface area contributed by atoms with Gasteiger partial charge in [-0.3, -0.25) is 10.6 Å². The third kappa shape index (κ3) is 4.81. The summed E-state index contributed by atoms with van der Waals surface area (Å²) in [5.74, 6) is 0. The highest BCUT2D eigenvalue weighted by Gasteiger charge is 2.48. The summed E-state index contributed by atoms with van der Waals surface area (Å²) in [6.45, 7) is 0. The topological polar surface area (TPSA) is 24.1 Å². The Labute approximate surface area is 292 Å². The lowest BCUT2D eigenvalue weighted by Gasteiger charge is -2.50. The first-order valence-electron chi connectivity index (χ1n) is 17.2. The van der Waals surface area contributed by atoms with E-state index in [1.165, 1.54) is 65.8 Å². The van der Waals surface area contributed by atoms with Crippen molar-refractivity contribution in [2.24, 2.45) is 0 Å². The van der Waals surface area contributed by atoms with Crippen LogP contribution in [0.3, 0.4) is 0 Å². The first kappa shape index (κ1) is 30.0. The van der Waals surface area contributed by atoms with Gasteiger partial charge >= 0.3 is 0 Å². The van der Waals surface area contributed by atoms with Crippen molar-refractivity contribution in [1.82, 2.24) is 10.6 Å². The second-order valence-electron chi connectivity index (χ2n) is 13.2. The molecule has 1 aliphatic carbocycles. The number of fused-ring (bicyclic) bond motifs is 4. The Morgan fingerprint density at radius 3 is 1.00 bits per heavy atom. The molecule has 1 fully saturated rings. The molecule has 2 N–H and O–H groups in total. The van der Waals surface area contributed by atoms with E-state index in [1.807, 2.05) is 23.5 Å². The summed E-state index contributed by atoms with van der Waals surface area (Å²) in [7, 11) is 0. The van der Waals surface area contributed by atoms with Gasteiger partial charge in [-0.25, -0.2) is 0 Å². The van der Waals surface area contributed by atoms with Crippen molar-refractivity contribution in [2.75, 3.05) is 0 Å². The molecule has 236 valence electrons. The molecule has 48 heavy (non-hydrogen) atoms. The van der Waals surface area contributed by atoms with Crippen LogP contribution in [0, 0.1) is 0 Å². The van der Waals surface area contributed by atoms with Gasteiger partial charge in [-0.05, 0) is 70.5 Å². The Bertz CT molecular complexity index is 1830. The Hall–Kier alpha value is -4.06. The lowest BCUT2D eigenvalue weighted by molar-refractivity contribution is 0.217. The Balaban J connectivity index is 1.23. The zero-order valence-electron chi connectivity index (χ0n) is 26.8. The van der Waals surface area contributed by atoms with Gasteiger partial charge in [0.1, 0.15) is 0 Å². The van der Waals surface area contributed by atoms with Gasteiger partial charge in [-0.15, -0.1) is 0 Å². The Morgan fingerprint density at radius 1 is 0.375 bits per heavy atom. The van der Waals surface area contributed by atoms with Crippen LogP contribution >= 0.6 is 23.5 Å². The van der Waals surface area contributed by atoms with Crippen molar-refractivity contribution in [1.29, 1.82) is 0 Å². The van der Waals surface area contributed by atoms with Crippen LogP contribution in [0.5, 0.6) is 0 Å². The van der Waals surface area contributed by atoms with Crippen LogP contribution < -0.4 is 10.6 Å². The van der Waals surface area contributed by atoms with E-state index in [1.54, 1.807) is 0 Å². The van der Waals surface area contributed by atoms with Gasteiger partial charge in [0.05, 0.1) is 11.1 Å². The molecule has 0 bridgehead atoms. The normalized spacial score (nSPS) is 20.1. The predicted molar refractivity (Wildman–Crippen MR) is 199 cm³/mol. The molecular formula is C44H38N2S2. The molecule has 6 aromatic carbocycles. The van der Waals surface area contributed by atoms with E-state index in [-0.39, 0.29) is 12.1 Å². The Morgan fingerprint density at radius 2 is 0.667 bits per heavy atom. The average molecular weight is 659 g/mol. The highest BCUT2D eigenvalue weighted by atomic mass is 32.2. The van der Waals surface area contributed by atoms with Gasteiger partial charge in [-0.2, -0.15) is 0 Å². The van der Waals surface area contributed by atoms with Crippen LogP contribution in [0.4, 0.5) is 0 Å². The summed E-state index contributed by atoms with van der Waals surface area (Å²) in [5.41, 5.74) is 6.96. The molecule has 0 aromatic heterocycles. The number of hydrogen-bond acceptors (Lipinski definition) is 4. The standard InChI is InChI=1S/C44H38N2S2/c1-3-17-31(18-4-1)43(33-21-7-13-27-39(33)47-40-28-14-8-22-34(40)43)45-37-25-11-12-26-38(37)46-44(32-19-5-2-6-20-32)35-23-9-15-29-41(35)48-42-30-16-10-24-36(42)44/h1-10,13-24,27-30,37-38,45-46H,11-12,25-26H2/t37-,38-/m1/s1. The molecule has 2 heterocycles. The highest BCUT2D eigenvalue weighted by Crippen LogP contribution is 2.53. The minimum atomic E-state index is -0.486. The molecule has 1 saturated carbocycles. The van der Waals surface area contributed by atoms with Gasteiger partial charge in [0, 0.05) is 31.7 Å². The SMILES string of the molecule is c1ccc(C2(N[C@@H]3CCCC[C@H]3NC3(c4ccccc4)c4ccccc4Sc4ccccc43)c3ccccc3Sc3ccccc32)cc1. The molecule has 0 spiro atoms. The maximum absolute atomic E-state index is 4.48. The van der Waals surface area contributed by atoms with Gasteiger partial charge in [0.15, 0.2) is 0 Å². The van der Waals surface area contributed by atoms with E-state index in [2.05, 4.69) is 168 Å². The molecule has 0 unspecified atom stereocenters. The lowest BCUT2D eigenvalue weighted by atomic mass is 9.73. The van der Waals surface area contributed by atoms with Crippen molar-refractivity contribution in [3.8, 4) is 0 Å². The monoisotopic (exact) mass is 658 g/mol. The molecule has 2 nitrogen and oxygen atoms in total. The van der Waals surface area contributed by atoms with Crippen LogP contribution in [0.25, 0.3) is 0 Å². The van der Waals surface area contributed by atoms with Gasteiger partial charge in [0.2, 0.25) is 0 Å². The van der Waals surface area contributed by atoms with Crippen LogP contribution in [0.1, 0.15) is 59.1 Å². The number of benzene rings is 6. The molecule has 2 aliphatic heterocycles. The van der Waals surface area contributed by atoms with Crippen molar-refractivity contribution < 1.29 is 0 Å². The largest absolute Gasteiger partial charge is 0.296 e. The first-order valence-corrected chi connectivity index (χ1v) is 18.8. The van der Waals surface area contributed by atoms with E-state index in [4.69, 9.17) is 0 Å². The highest BCUT2D eigenvalue weighted by molar-refractivity contribution is 7.99. The van der Waals surface area contributed by atoms with E-state index in [0.29, 0.717) is 0 Å².